The summed E-state index contributed by atoms with van der Waals surface area (Å²) in [4.78, 5) is 29.9. The summed E-state index contributed by atoms with van der Waals surface area (Å²) in [6, 6.07) is 7.47. The highest BCUT2D eigenvalue weighted by Gasteiger charge is 2.17. The average Bonchev–Trinajstić information content (AvgIpc) is 3.02. The number of hydrogen-bond acceptors (Lipinski definition) is 5. The Labute approximate surface area is 145 Å². The van der Waals surface area contributed by atoms with Gasteiger partial charge in [0.05, 0.1) is 13.7 Å². The van der Waals surface area contributed by atoms with E-state index in [1.807, 2.05) is 38.1 Å². The largest absolute Gasteiger partial charge is 0.464 e. The number of carbonyl (C=O) groups excluding carboxylic acids is 2. The molecule has 0 bridgehead atoms. The fourth-order valence-corrected chi connectivity index (χ4v) is 2.97. The zero-order valence-electron chi connectivity index (χ0n) is 14.0. The number of hydrogen-bond donors (Lipinski definition) is 1. The number of nitrogens with zero attached hydrogens (tertiary/aromatic N) is 2. The van der Waals surface area contributed by atoms with Crippen LogP contribution in [0.25, 0.3) is 0 Å². The van der Waals surface area contributed by atoms with Gasteiger partial charge in [0.25, 0.3) is 0 Å². The molecule has 24 heavy (non-hydrogen) atoms. The lowest BCUT2D eigenvalue weighted by molar-refractivity contribution is 0.0594. The normalized spacial score (nSPS) is 10.3. The first-order valence-electron chi connectivity index (χ1n) is 7.68. The second-order valence-corrected chi connectivity index (χ2v) is 6.28. The number of amides is 2. The molecule has 2 aromatic rings. The van der Waals surface area contributed by atoms with Crippen molar-refractivity contribution in [1.82, 2.24) is 9.88 Å². The Morgan fingerprint density at radius 3 is 2.83 bits per heavy atom. The summed E-state index contributed by atoms with van der Waals surface area (Å²) < 4.78 is 4.65. The highest BCUT2D eigenvalue weighted by atomic mass is 32.1. The number of rotatable bonds is 6. The van der Waals surface area contributed by atoms with Crippen molar-refractivity contribution < 1.29 is 14.3 Å². The van der Waals surface area contributed by atoms with E-state index in [1.165, 1.54) is 18.4 Å². The number of urea groups is 1. The predicted octanol–water partition coefficient (Wildman–Crippen LogP) is 3.68. The van der Waals surface area contributed by atoms with Crippen molar-refractivity contribution in [3.05, 3.63) is 45.9 Å². The number of methoxy groups -OCH3 is 1. The topological polar surface area (TPSA) is 71.5 Å². The van der Waals surface area contributed by atoms with Crippen LogP contribution in [0.3, 0.4) is 0 Å². The first kappa shape index (κ1) is 17.9. The van der Waals surface area contributed by atoms with E-state index in [4.69, 9.17) is 0 Å². The first-order chi connectivity index (χ1) is 11.5. The van der Waals surface area contributed by atoms with Crippen molar-refractivity contribution >= 4 is 29.0 Å². The summed E-state index contributed by atoms with van der Waals surface area (Å²) in [6.07, 6.45) is 0.830. The summed E-state index contributed by atoms with van der Waals surface area (Å²) in [7, 11) is 1.32. The quantitative estimate of drug-likeness (QED) is 0.809. The Hall–Kier alpha value is -2.41. The maximum atomic E-state index is 12.5. The third-order valence-electron chi connectivity index (χ3n) is 3.32. The monoisotopic (exact) mass is 347 g/mol. The fourth-order valence-electron chi connectivity index (χ4n) is 2.19. The number of esters is 1. The molecule has 0 aliphatic carbocycles. The molecule has 0 aliphatic rings. The number of nitrogens with one attached hydrogen (secondary N) is 1. The molecule has 0 saturated heterocycles. The molecule has 1 aromatic carbocycles. The Kier molecular flexibility index (Phi) is 6.31. The van der Waals surface area contributed by atoms with Crippen molar-refractivity contribution in [3.63, 3.8) is 0 Å². The van der Waals surface area contributed by atoms with E-state index in [-0.39, 0.29) is 11.7 Å². The Bertz CT molecular complexity index is 715. The SMILES string of the molecule is CCCN(Cc1nc(C(=O)OC)cs1)C(=O)Nc1cccc(C)c1. The molecule has 0 unspecified atom stereocenters. The molecule has 0 saturated carbocycles. The fraction of sp³-hybridized carbons (Fsp3) is 0.353. The molecule has 7 heteroatoms. The standard InChI is InChI=1S/C17H21N3O3S/c1-4-8-20(10-15-19-14(11-24-15)16(21)23-3)17(22)18-13-7-5-6-12(2)9-13/h5-7,9,11H,4,8,10H2,1-3H3,(H,18,22). The third-order valence-corrected chi connectivity index (χ3v) is 4.16. The highest BCUT2D eigenvalue weighted by molar-refractivity contribution is 7.09. The number of thiazole rings is 1. The lowest BCUT2D eigenvalue weighted by atomic mass is 10.2. The summed E-state index contributed by atoms with van der Waals surface area (Å²) in [5, 5.41) is 5.24. The Morgan fingerprint density at radius 2 is 2.17 bits per heavy atom. The third kappa shape index (κ3) is 4.79. The molecule has 1 heterocycles. The smallest absolute Gasteiger partial charge is 0.357 e. The van der Waals surface area contributed by atoms with Gasteiger partial charge in [0, 0.05) is 17.6 Å². The van der Waals surface area contributed by atoms with Crippen molar-refractivity contribution in [3.8, 4) is 0 Å². The van der Waals surface area contributed by atoms with Gasteiger partial charge in [0.15, 0.2) is 5.69 Å². The molecule has 1 N–H and O–H groups in total. The van der Waals surface area contributed by atoms with E-state index >= 15 is 0 Å². The summed E-state index contributed by atoms with van der Waals surface area (Å²) in [5.74, 6) is -0.469. The second-order valence-electron chi connectivity index (χ2n) is 5.34. The first-order valence-corrected chi connectivity index (χ1v) is 8.56. The number of carbonyl (C=O) groups is 2. The minimum absolute atomic E-state index is 0.183. The summed E-state index contributed by atoms with van der Waals surface area (Å²) >= 11 is 1.34. The molecular formula is C17H21N3O3S. The van der Waals surface area contributed by atoms with Gasteiger partial charge < -0.3 is 15.0 Å². The van der Waals surface area contributed by atoms with Gasteiger partial charge in [-0.05, 0) is 31.0 Å². The molecule has 2 amide bonds. The van der Waals surface area contributed by atoms with Crippen molar-refractivity contribution in [2.75, 3.05) is 19.0 Å². The van der Waals surface area contributed by atoms with Crippen LogP contribution in [0, 0.1) is 6.92 Å². The van der Waals surface area contributed by atoms with Crippen molar-refractivity contribution in [2.24, 2.45) is 0 Å². The predicted molar refractivity (Wildman–Crippen MR) is 94.4 cm³/mol. The minimum Gasteiger partial charge on any atom is -0.464 e. The zero-order chi connectivity index (χ0) is 17.5. The number of benzene rings is 1. The van der Waals surface area contributed by atoms with E-state index in [2.05, 4.69) is 15.0 Å². The molecule has 0 atom stereocenters. The van der Waals surface area contributed by atoms with E-state index in [0.717, 1.165) is 17.7 Å². The van der Waals surface area contributed by atoms with Crippen LogP contribution in [0.2, 0.25) is 0 Å². The van der Waals surface area contributed by atoms with Gasteiger partial charge in [-0.3, -0.25) is 0 Å². The van der Waals surface area contributed by atoms with Crippen LogP contribution in [0.4, 0.5) is 10.5 Å². The van der Waals surface area contributed by atoms with E-state index in [9.17, 15) is 9.59 Å². The van der Waals surface area contributed by atoms with Crippen LogP contribution in [-0.2, 0) is 11.3 Å². The van der Waals surface area contributed by atoms with Gasteiger partial charge in [-0.1, -0.05) is 19.1 Å². The zero-order valence-corrected chi connectivity index (χ0v) is 14.9. The molecule has 0 fully saturated rings. The van der Waals surface area contributed by atoms with Crippen LogP contribution in [0.1, 0.15) is 34.4 Å². The van der Waals surface area contributed by atoms with Crippen LogP contribution < -0.4 is 5.32 Å². The van der Waals surface area contributed by atoms with Crippen LogP contribution in [0.5, 0.6) is 0 Å². The van der Waals surface area contributed by atoms with E-state index < -0.39 is 5.97 Å². The van der Waals surface area contributed by atoms with Gasteiger partial charge >= 0.3 is 12.0 Å². The highest BCUT2D eigenvalue weighted by Crippen LogP contribution is 2.15. The van der Waals surface area contributed by atoms with Gasteiger partial charge in [-0.15, -0.1) is 11.3 Å². The maximum Gasteiger partial charge on any atom is 0.357 e. The lowest BCUT2D eigenvalue weighted by Gasteiger charge is -2.21. The van der Waals surface area contributed by atoms with Gasteiger partial charge in [0.2, 0.25) is 0 Å². The van der Waals surface area contributed by atoms with Crippen molar-refractivity contribution in [2.45, 2.75) is 26.8 Å². The van der Waals surface area contributed by atoms with Crippen LogP contribution >= 0.6 is 11.3 Å². The number of aromatic nitrogens is 1. The average molecular weight is 347 g/mol. The Balaban J connectivity index is 2.06. The van der Waals surface area contributed by atoms with Gasteiger partial charge in [0.1, 0.15) is 5.01 Å². The molecule has 0 spiro atoms. The van der Waals surface area contributed by atoms with E-state index in [1.54, 1.807) is 10.3 Å². The molecule has 6 nitrogen and oxygen atoms in total. The van der Waals surface area contributed by atoms with Crippen LogP contribution in [-0.4, -0.2) is 35.5 Å². The van der Waals surface area contributed by atoms with Crippen LogP contribution in [0.15, 0.2) is 29.6 Å². The number of anilines is 1. The molecule has 0 radical (unpaired) electrons. The number of ether oxygens (including phenoxy) is 1. The molecule has 0 aliphatic heterocycles. The maximum absolute atomic E-state index is 12.5. The number of aryl methyl sites for hydroxylation is 1. The van der Waals surface area contributed by atoms with Crippen molar-refractivity contribution in [1.29, 1.82) is 0 Å². The van der Waals surface area contributed by atoms with Gasteiger partial charge in [-0.2, -0.15) is 0 Å². The summed E-state index contributed by atoms with van der Waals surface area (Å²) in [5.41, 5.74) is 2.11. The van der Waals surface area contributed by atoms with E-state index in [0.29, 0.717) is 18.1 Å². The minimum atomic E-state index is -0.469. The molecular weight excluding hydrogens is 326 g/mol. The Morgan fingerprint density at radius 1 is 1.38 bits per heavy atom. The summed E-state index contributed by atoms with van der Waals surface area (Å²) in [6.45, 7) is 4.94. The molecule has 1 aromatic heterocycles. The van der Waals surface area contributed by atoms with Gasteiger partial charge in [-0.25, -0.2) is 14.6 Å². The lowest BCUT2D eigenvalue weighted by Crippen LogP contribution is -2.35. The molecule has 2 rings (SSSR count). The second kappa shape index (κ2) is 8.44. The molecule has 128 valence electrons.